The van der Waals surface area contributed by atoms with Crippen LogP contribution >= 0.6 is 0 Å². The minimum Gasteiger partial charge on any atom is -0.326 e. The molecule has 1 unspecified atom stereocenters. The van der Waals surface area contributed by atoms with E-state index in [4.69, 9.17) is 10.3 Å². The molecule has 0 aliphatic rings. The Balaban J connectivity index is 1.92. The number of aromatic nitrogens is 1. The van der Waals surface area contributed by atoms with Crippen LogP contribution in [0.1, 0.15) is 11.1 Å². The standard InChI is InChI=1S/C18H18N2O2S/c19-12-14-5-9-17(10-6-14)20-11-1-2-18(20)16-7-3-15(4-8-16)13-23(21)22/h1-11H,12-13,19H2,(H,21,22). The molecule has 0 amide bonds. The van der Waals surface area contributed by atoms with E-state index < -0.39 is 11.1 Å². The van der Waals surface area contributed by atoms with Crippen molar-refractivity contribution in [2.75, 3.05) is 0 Å². The number of hydrogen-bond donors (Lipinski definition) is 2. The summed E-state index contributed by atoms with van der Waals surface area (Å²) in [6.07, 6.45) is 2.02. The van der Waals surface area contributed by atoms with Crippen LogP contribution in [0.15, 0.2) is 66.9 Å². The van der Waals surface area contributed by atoms with Gasteiger partial charge in [-0.05, 0) is 41.0 Å². The summed E-state index contributed by atoms with van der Waals surface area (Å²) in [4.78, 5) is 0. The molecule has 3 rings (SSSR count). The lowest BCUT2D eigenvalue weighted by Crippen LogP contribution is -1.99. The second-order valence-electron chi connectivity index (χ2n) is 5.30. The summed E-state index contributed by atoms with van der Waals surface area (Å²) < 4.78 is 21.9. The van der Waals surface area contributed by atoms with Crippen LogP contribution < -0.4 is 5.73 Å². The fourth-order valence-electron chi connectivity index (χ4n) is 2.55. The molecule has 1 heterocycles. The predicted molar refractivity (Wildman–Crippen MR) is 93.6 cm³/mol. The Bertz CT molecular complexity index is 808. The lowest BCUT2D eigenvalue weighted by Gasteiger charge is -2.11. The van der Waals surface area contributed by atoms with Crippen LogP contribution in [0.4, 0.5) is 0 Å². The van der Waals surface area contributed by atoms with E-state index in [0.29, 0.717) is 6.54 Å². The van der Waals surface area contributed by atoms with Crippen molar-refractivity contribution in [3.05, 3.63) is 78.0 Å². The maximum absolute atomic E-state index is 10.9. The third-order valence-electron chi connectivity index (χ3n) is 3.74. The highest BCUT2D eigenvalue weighted by Gasteiger charge is 2.07. The summed E-state index contributed by atoms with van der Waals surface area (Å²) in [5.41, 5.74) is 10.8. The van der Waals surface area contributed by atoms with E-state index in [1.807, 2.05) is 48.7 Å². The van der Waals surface area contributed by atoms with Crippen LogP contribution in [0.3, 0.4) is 0 Å². The summed E-state index contributed by atoms with van der Waals surface area (Å²) >= 11 is -1.81. The van der Waals surface area contributed by atoms with Crippen molar-refractivity contribution in [2.45, 2.75) is 12.3 Å². The van der Waals surface area contributed by atoms with E-state index in [2.05, 4.69) is 22.8 Å². The van der Waals surface area contributed by atoms with Crippen molar-refractivity contribution in [3.63, 3.8) is 0 Å². The summed E-state index contributed by atoms with van der Waals surface area (Å²) in [5, 5.41) is 0. The maximum Gasteiger partial charge on any atom is 0.157 e. The lowest BCUT2D eigenvalue weighted by molar-refractivity contribution is 0.563. The van der Waals surface area contributed by atoms with Crippen LogP contribution in [-0.2, 0) is 23.4 Å². The van der Waals surface area contributed by atoms with Gasteiger partial charge in [-0.1, -0.05) is 36.4 Å². The Morgan fingerprint density at radius 2 is 1.61 bits per heavy atom. The molecule has 0 spiro atoms. The molecule has 2 aromatic carbocycles. The van der Waals surface area contributed by atoms with Crippen molar-refractivity contribution >= 4 is 11.1 Å². The Kier molecular flexibility index (Phi) is 4.71. The zero-order valence-corrected chi connectivity index (χ0v) is 13.4. The SMILES string of the molecule is NCc1ccc(-n2cccc2-c2ccc(CS(=O)O)cc2)cc1. The van der Waals surface area contributed by atoms with Crippen LogP contribution in [-0.4, -0.2) is 13.3 Å². The molecule has 4 nitrogen and oxygen atoms in total. The molecule has 0 bridgehead atoms. The Hall–Kier alpha value is -2.21. The Labute approximate surface area is 137 Å². The molecule has 5 heteroatoms. The molecular weight excluding hydrogens is 308 g/mol. The molecule has 1 aromatic heterocycles. The average molecular weight is 326 g/mol. The van der Waals surface area contributed by atoms with E-state index in [1.54, 1.807) is 0 Å². The molecule has 0 aliphatic heterocycles. The number of nitrogens with zero attached hydrogens (tertiary/aromatic N) is 1. The maximum atomic E-state index is 10.9. The predicted octanol–water partition coefficient (Wildman–Crippen LogP) is 3.32. The van der Waals surface area contributed by atoms with E-state index in [1.165, 1.54) is 0 Å². The number of rotatable bonds is 5. The van der Waals surface area contributed by atoms with Crippen molar-refractivity contribution in [1.29, 1.82) is 0 Å². The topological polar surface area (TPSA) is 68.2 Å². The smallest absolute Gasteiger partial charge is 0.157 e. The second kappa shape index (κ2) is 6.91. The molecule has 118 valence electrons. The fourth-order valence-corrected chi connectivity index (χ4v) is 3.03. The van der Waals surface area contributed by atoms with Gasteiger partial charge >= 0.3 is 0 Å². The summed E-state index contributed by atoms with van der Waals surface area (Å²) in [6.45, 7) is 0.534. The van der Waals surface area contributed by atoms with Crippen molar-refractivity contribution in [3.8, 4) is 16.9 Å². The number of benzene rings is 2. The van der Waals surface area contributed by atoms with E-state index >= 15 is 0 Å². The van der Waals surface area contributed by atoms with Gasteiger partial charge in [-0.2, -0.15) is 0 Å². The van der Waals surface area contributed by atoms with Crippen molar-refractivity contribution < 1.29 is 8.76 Å². The normalized spacial score (nSPS) is 12.3. The highest BCUT2D eigenvalue weighted by molar-refractivity contribution is 7.78. The minimum atomic E-state index is -1.81. The van der Waals surface area contributed by atoms with Gasteiger partial charge in [0.1, 0.15) is 0 Å². The summed E-state index contributed by atoms with van der Waals surface area (Å²) in [5.74, 6) is 0.155. The molecule has 0 saturated carbocycles. The van der Waals surface area contributed by atoms with Gasteiger partial charge in [0.25, 0.3) is 0 Å². The summed E-state index contributed by atoms with van der Waals surface area (Å²) in [7, 11) is 0. The van der Waals surface area contributed by atoms with E-state index in [0.717, 1.165) is 28.1 Å². The van der Waals surface area contributed by atoms with Gasteiger partial charge in [0.05, 0.1) is 11.4 Å². The van der Waals surface area contributed by atoms with Gasteiger partial charge in [0.2, 0.25) is 0 Å². The van der Waals surface area contributed by atoms with E-state index in [9.17, 15) is 4.21 Å². The molecule has 3 aromatic rings. The molecule has 3 N–H and O–H groups in total. The highest BCUT2D eigenvalue weighted by Crippen LogP contribution is 2.24. The quantitative estimate of drug-likeness (QED) is 0.707. The van der Waals surface area contributed by atoms with Gasteiger partial charge in [0.15, 0.2) is 11.1 Å². The van der Waals surface area contributed by atoms with Gasteiger partial charge in [-0.25, -0.2) is 4.21 Å². The Morgan fingerprint density at radius 3 is 2.22 bits per heavy atom. The fraction of sp³-hybridized carbons (Fsp3) is 0.111. The minimum absolute atomic E-state index is 0.155. The largest absolute Gasteiger partial charge is 0.326 e. The third-order valence-corrected chi connectivity index (χ3v) is 4.32. The average Bonchev–Trinajstić information content (AvgIpc) is 3.05. The van der Waals surface area contributed by atoms with Crippen LogP contribution in [0.2, 0.25) is 0 Å². The first-order valence-electron chi connectivity index (χ1n) is 7.31. The van der Waals surface area contributed by atoms with Crippen LogP contribution in [0, 0.1) is 0 Å². The molecule has 0 fully saturated rings. The Morgan fingerprint density at radius 1 is 0.957 bits per heavy atom. The van der Waals surface area contributed by atoms with Crippen LogP contribution in [0.5, 0.6) is 0 Å². The molecule has 1 atom stereocenters. The second-order valence-corrected chi connectivity index (χ2v) is 6.23. The zero-order chi connectivity index (χ0) is 16.2. The first-order chi connectivity index (χ1) is 11.2. The van der Waals surface area contributed by atoms with E-state index in [-0.39, 0.29) is 5.75 Å². The first kappa shape index (κ1) is 15.7. The van der Waals surface area contributed by atoms with Gasteiger partial charge in [-0.3, -0.25) is 0 Å². The molecule has 0 saturated heterocycles. The zero-order valence-electron chi connectivity index (χ0n) is 12.6. The van der Waals surface area contributed by atoms with Crippen LogP contribution in [0.25, 0.3) is 16.9 Å². The van der Waals surface area contributed by atoms with Gasteiger partial charge in [0, 0.05) is 18.4 Å². The first-order valence-corrected chi connectivity index (χ1v) is 8.58. The lowest BCUT2D eigenvalue weighted by atomic mass is 10.1. The monoisotopic (exact) mass is 326 g/mol. The van der Waals surface area contributed by atoms with Gasteiger partial charge in [-0.15, -0.1) is 0 Å². The molecule has 0 radical (unpaired) electrons. The highest BCUT2D eigenvalue weighted by atomic mass is 32.2. The summed E-state index contributed by atoms with van der Waals surface area (Å²) in [6, 6.07) is 19.9. The number of hydrogen-bond acceptors (Lipinski definition) is 2. The molecule has 23 heavy (non-hydrogen) atoms. The third kappa shape index (κ3) is 3.59. The molecule has 0 aliphatic carbocycles. The van der Waals surface area contributed by atoms with Crippen molar-refractivity contribution in [2.24, 2.45) is 5.73 Å². The number of nitrogens with two attached hydrogens (primary N) is 1. The van der Waals surface area contributed by atoms with Gasteiger partial charge < -0.3 is 14.9 Å². The molecular formula is C18H18N2O2S. The van der Waals surface area contributed by atoms with Crippen molar-refractivity contribution in [1.82, 2.24) is 4.57 Å².